The second-order valence-electron chi connectivity index (χ2n) is 4.58. The van der Waals surface area contributed by atoms with Crippen molar-refractivity contribution in [1.82, 2.24) is 0 Å². The normalized spacial score (nSPS) is 25.1. The van der Waals surface area contributed by atoms with E-state index in [2.05, 4.69) is 12.6 Å². The molecule has 1 fully saturated rings. The highest BCUT2D eigenvalue weighted by molar-refractivity contribution is 7.83. The first kappa shape index (κ1) is 12.7. The monoisotopic (exact) mass is 227 g/mol. The van der Waals surface area contributed by atoms with Crippen LogP contribution in [0.1, 0.15) is 27.7 Å². The molecule has 1 saturated heterocycles. The van der Waals surface area contributed by atoms with E-state index in [0.29, 0.717) is 0 Å². The van der Waals surface area contributed by atoms with Gasteiger partial charge in [0.15, 0.2) is 0 Å². The van der Waals surface area contributed by atoms with Gasteiger partial charge >= 0.3 is 7.12 Å². The average molecular weight is 227 g/mol. The molecule has 1 aliphatic heterocycles. The Morgan fingerprint density at radius 2 is 1.67 bits per heavy atom. The number of hydrogen-bond donors (Lipinski definition) is 2. The highest BCUT2D eigenvalue weighted by Gasteiger charge is 2.51. The molecular weight excluding hydrogens is 209 g/mol. The summed E-state index contributed by atoms with van der Waals surface area (Å²) in [5.74, 6) is 0. The fourth-order valence-electron chi connectivity index (χ4n) is 1.27. The maximum atomic E-state index is 5.82. The molecule has 0 spiro atoms. The van der Waals surface area contributed by atoms with Crippen LogP contribution >= 0.6 is 12.6 Å². The van der Waals surface area contributed by atoms with E-state index < -0.39 is 7.12 Å². The summed E-state index contributed by atoms with van der Waals surface area (Å²) >= 11 is 4.11. The van der Waals surface area contributed by atoms with E-state index in [9.17, 15) is 0 Å². The molecule has 1 aliphatic rings. The van der Waals surface area contributed by atoms with Gasteiger partial charge in [0.05, 0.1) is 11.2 Å². The lowest BCUT2D eigenvalue weighted by Gasteiger charge is -2.32. The maximum absolute atomic E-state index is 5.82. The van der Waals surface area contributed by atoms with E-state index >= 15 is 0 Å². The zero-order valence-electron chi connectivity index (χ0n) is 9.65. The van der Waals surface area contributed by atoms with Gasteiger partial charge in [-0.15, -0.1) is 0 Å². The third kappa shape index (κ3) is 2.41. The quantitative estimate of drug-likeness (QED) is 0.430. The van der Waals surface area contributed by atoms with Crippen molar-refractivity contribution in [2.75, 3.05) is 0 Å². The summed E-state index contributed by atoms with van der Waals surface area (Å²) in [6, 6.07) is 0. The molecule has 15 heavy (non-hydrogen) atoms. The van der Waals surface area contributed by atoms with Gasteiger partial charge in [-0.25, -0.2) is 0 Å². The van der Waals surface area contributed by atoms with Crippen LogP contribution < -0.4 is 5.73 Å². The third-order valence-electron chi connectivity index (χ3n) is 2.96. The number of allylic oxidation sites excluding steroid dienone is 2. The Bertz CT molecular complexity index is 284. The summed E-state index contributed by atoms with van der Waals surface area (Å²) in [5, 5.41) is 1.64. The van der Waals surface area contributed by atoms with Crippen LogP contribution in [0.3, 0.4) is 0 Å². The Labute approximate surface area is 97.3 Å². The van der Waals surface area contributed by atoms with E-state index in [1.165, 1.54) is 6.20 Å². The minimum absolute atomic E-state index is 0.331. The van der Waals surface area contributed by atoms with Gasteiger partial charge in [0.25, 0.3) is 0 Å². The van der Waals surface area contributed by atoms with Crippen molar-refractivity contribution >= 4 is 19.7 Å². The van der Waals surface area contributed by atoms with Crippen molar-refractivity contribution < 1.29 is 9.31 Å². The molecule has 0 aromatic heterocycles. The van der Waals surface area contributed by atoms with Crippen LogP contribution in [0.2, 0.25) is 0 Å². The zero-order valence-corrected chi connectivity index (χ0v) is 10.5. The minimum atomic E-state index is -0.396. The van der Waals surface area contributed by atoms with Crippen molar-refractivity contribution in [1.29, 1.82) is 0 Å². The van der Waals surface area contributed by atoms with Gasteiger partial charge < -0.3 is 15.0 Å². The molecular formula is C10H18BNO2S. The molecule has 3 nitrogen and oxygen atoms in total. The Kier molecular flexibility index (Phi) is 3.58. The molecule has 1 heterocycles. The molecule has 0 atom stereocenters. The van der Waals surface area contributed by atoms with Crippen LogP contribution in [0, 0.1) is 0 Å². The number of rotatable bonds is 2. The van der Waals surface area contributed by atoms with Gasteiger partial charge in [0, 0.05) is 0 Å². The Morgan fingerprint density at radius 1 is 1.20 bits per heavy atom. The largest absolute Gasteiger partial charge is 0.495 e. The lowest BCUT2D eigenvalue weighted by Crippen LogP contribution is -2.41. The molecule has 5 heteroatoms. The summed E-state index contributed by atoms with van der Waals surface area (Å²) < 4.78 is 11.6. The summed E-state index contributed by atoms with van der Waals surface area (Å²) in [7, 11) is -0.396. The first-order chi connectivity index (χ1) is 6.84. The Hall–Kier alpha value is -0.385. The molecule has 0 saturated carbocycles. The van der Waals surface area contributed by atoms with Crippen LogP contribution in [-0.2, 0) is 9.31 Å². The molecule has 0 aliphatic carbocycles. The summed E-state index contributed by atoms with van der Waals surface area (Å²) in [6.45, 7) is 8.04. The SMILES string of the molecule is CC1(C)OB(C(/C=C/N)=C\S)OC1(C)C. The second-order valence-corrected chi connectivity index (χ2v) is 4.83. The van der Waals surface area contributed by atoms with E-state index in [0.717, 1.165) is 5.47 Å². The van der Waals surface area contributed by atoms with Crippen molar-refractivity contribution in [3.8, 4) is 0 Å². The van der Waals surface area contributed by atoms with Gasteiger partial charge in [0.1, 0.15) is 0 Å². The zero-order chi connectivity index (χ0) is 11.7. The number of hydrogen-bond acceptors (Lipinski definition) is 4. The third-order valence-corrected chi connectivity index (χ3v) is 3.26. The van der Waals surface area contributed by atoms with Crippen molar-refractivity contribution in [3.63, 3.8) is 0 Å². The minimum Gasteiger partial charge on any atom is -0.405 e. The molecule has 0 bridgehead atoms. The molecule has 0 amide bonds. The van der Waals surface area contributed by atoms with Crippen molar-refractivity contribution in [3.05, 3.63) is 23.2 Å². The molecule has 2 N–H and O–H groups in total. The van der Waals surface area contributed by atoms with Gasteiger partial charge in [-0.1, -0.05) is 0 Å². The summed E-state index contributed by atoms with van der Waals surface area (Å²) in [4.78, 5) is 0. The second kappa shape index (κ2) is 4.24. The lowest BCUT2D eigenvalue weighted by atomic mass is 9.79. The lowest BCUT2D eigenvalue weighted by molar-refractivity contribution is 0.00578. The molecule has 0 unspecified atom stereocenters. The predicted molar refractivity (Wildman–Crippen MR) is 66.5 cm³/mol. The first-order valence-corrected chi connectivity index (χ1v) is 5.44. The first-order valence-electron chi connectivity index (χ1n) is 4.92. The summed E-state index contributed by atoms with van der Waals surface area (Å²) in [5.41, 5.74) is 5.50. The summed E-state index contributed by atoms with van der Waals surface area (Å²) in [6.07, 6.45) is 3.18. The fraction of sp³-hybridized carbons (Fsp3) is 0.600. The van der Waals surface area contributed by atoms with Crippen LogP contribution in [0.5, 0.6) is 0 Å². The van der Waals surface area contributed by atoms with Crippen molar-refractivity contribution in [2.45, 2.75) is 38.9 Å². The highest BCUT2D eigenvalue weighted by atomic mass is 32.1. The topological polar surface area (TPSA) is 44.5 Å². The van der Waals surface area contributed by atoms with Crippen LogP contribution in [-0.4, -0.2) is 18.3 Å². The molecule has 0 aromatic rings. The maximum Gasteiger partial charge on any atom is 0.495 e. The van der Waals surface area contributed by atoms with Gasteiger partial charge in [-0.2, -0.15) is 12.6 Å². The predicted octanol–water partition coefficient (Wildman–Crippen LogP) is 1.90. The fourth-order valence-corrected chi connectivity index (χ4v) is 1.48. The van der Waals surface area contributed by atoms with E-state index in [1.54, 1.807) is 11.5 Å². The molecule has 84 valence electrons. The molecule has 0 aromatic carbocycles. The van der Waals surface area contributed by atoms with E-state index in [1.807, 2.05) is 27.7 Å². The Morgan fingerprint density at radius 3 is 2.00 bits per heavy atom. The smallest absolute Gasteiger partial charge is 0.405 e. The number of nitrogens with two attached hydrogens (primary N) is 1. The Balaban J connectivity index is 2.87. The molecule has 1 rings (SSSR count). The van der Waals surface area contributed by atoms with Crippen LogP contribution in [0.15, 0.2) is 23.2 Å². The highest BCUT2D eigenvalue weighted by Crippen LogP contribution is 2.38. The molecule has 0 radical (unpaired) electrons. The van der Waals surface area contributed by atoms with Crippen molar-refractivity contribution in [2.24, 2.45) is 5.73 Å². The van der Waals surface area contributed by atoms with Crippen LogP contribution in [0.25, 0.3) is 0 Å². The van der Waals surface area contributed by atoms with Gasteiger partial charge in [0.2, 0.25) is 0 Å². The van der Waals surface area contributed by atoms with Gasteiger partial charge in [-0.05, 0) is 50.9 Å². The van der Waals surface area contributed by atoms with Gasteiger partial charge in [-0.3, -0.25) is 0 Å². The van der Waals surface area contributed by atoms with E-state index in [-0.39, 0.29) is 11.2 Å². The van der Waals surface area contributed by atoms with E-state index in [4.69, 9.17) is 15.0 Å². The standard InChI is InChI=1S/C10H18BNO2S/c1-9(2)10(3,4)14-11(13-9)8(7-15)5-6-12/h5-7,15H,12H2,1-4H3/b6-5+,8-7-. The average Bonchev–Trinajstić information content (AvgIpc) is 2.32. The van der Waals surface area contributed by atoms with Crippen LogP contribution in [0.4, 0.5) is 0 Å². The number of thiol groups is 1.